The highest BCUT2D eigenvalue weighted by molar-refractivity contribution is 5.66. The van der Waals surface area contributed by atoms with Crippen molar-refractivity contribution >= 4 is 5.97 Å². The second-order valence-corrected chi connectivity index (χ2v) is 16.5. The predicted molar refractivity (Wildman–Crippen MR) is 178 cm³/mol. The standard InChI is InChI=1S/C37H69N3O3/c1-25(2)26(3)11-12-27(4)31-13-14-32-30-23-34(40-22-10-21-39-20-9-8-19-38)37(42)24-29(43-28(5)41)15-18-36(37,7)33(30)16-17-35(31,32)6/h25-27,29-34,39-40,42H,8-24,38H2,1-7H3/t26-,27-,29+,30+,31-,32+,33+,34-,35-,36-,37+/m1/s1. The highest BCUT2D eigenvalue weighted by atomic mass is 16.5. The number of carbonyl (C=O) groups is 1. The number of aliphatic hydroxyl groups is 1. The van der Waals surface area contributed by atoms with E-state index in [1.54, 1.807) is 0 Å². The minimum atomic E-state index is -0.854. The fraction of sp³-hybridized carbons (Fsp3) is 0.973. The largest absolute Gasteiger partial charge is 0.462 e. The van der Waals surface area contributed by atoms with Gasteiger partial charge in [0, 0.05) is 24.8 Å². The Morgan fingerprint density at radius 3 is 2.40 bits per heavy atom. The Hall–Kier alpha value is -0.690. The molecule has 250 valence electrons. The highest BCUT2D eigenvalue weighted by Gasteiger charge is 2.67. The average molecular weight is 604 g/mol. The Balaban J connectivity index is 1.49. The molecule has 6 nitrogen and oxygen atoms in total. The molecule has 4 rings (SSSR count). The van der Waals surface area contributed by atoms with Crippen molar-refractivity contribution < 1.29 is 14.6 Å². The summed E-state index contributed by atoms with van der Waals surface area (Å²) in [4.78, 5) is 11.9. The van der Waals surface area contributed by atoms with Gasteiger partial charge >= 0.3 is 5.97 Å². The molecule has 4 aliphatic rings. The van der Waals surface area contributed by atoms with Crippen molar-refractivity contribution in [3.05, 3.63) is 0 Å². The molecule has 4 saturated carbocycles. The van der Waals surface area contributed by atoms with Gasteiger partial charge in [0.2, 0.25) is 0 Å². The van der Waals surface area contributed by atoms with Gasteiger partial charge in [-0.15, -0.1) is 0 Å². The lowest BCUT2D eigenvalue weighted by Gasteiger charge is -2.66. The number of ether oxygens (including phenoxy) is 1. The number of nitrogens with one attached hydrogen (secondary N) is 2. The third-order valence-electron chi connectivity index (χ3n) is 13.9. The van der Waals surface area contributed by atoms with Crippen molar-refractivity contribution in [1.29, 1.82) is 0 Å². The smallest absolute Gasteiger partial charge is 0.302 e. The maximum atomic E-state index is 12.8. The summed E-state index contributed by atoms with van der Waals surface area (Å²) >= 11 is 0. The molecule has 11 atom stereocenters. The number of nitrogens with two attached hydrogens (primary N) is 1. The van der Waals surface area contributed by atoms with E-state index < -0.39 is 5.60 Å². The monoisotopic (exact) mass is 604 g/mol. The lowest BCUT2D eigenvalue weighted by atomic mass is 9.42. The van der Waals surface area contributed by atoms with E-state index in [0.717, 1.165) is 94.3 Å². The SMILES string of the molecule is CC(=O)O[C@H]1CC[C@]2(C)[C@H]3CC[C@]4(C)[C@@H]([C@H](C)CC[C@@H](C)C(C)C)CC[C@H]4[C@@H]3C[C@@H](NCCCNCCCCN)[C@@]2(O)C1. The number of hydrogen-bond acceptors (Lipinski definition) is 6. The van der Waals surface area contributed by atoms with Crippen molar-refractivity contribution in [3.8, 4) is 0 Å². The molecule has 6 heteroatoms. The van der Waals surface area contributed by atoms with Gasteiger partial charge in [0.15, 0.2) is 0 Å². The van der Waals surface area contributed by atoms with E-state index in [4.69, 9.17) is 10.5 Å². The van der Waals surface area contributed by atoms with Crippen LogP contribution < -0.4 is 16.4 Å². The van der Waals surface area contributed by atoms with Crippen molar-refractivity contribution in [2.45, 2.75) is 150 Å². The summed E-state index contributed by atoms with van der Waals surface area (Å²) in [6.45, 7) is 20.0. The van der Waals surface area contributed by atoms with E-state index in [2.05, 4.69) is 52.2 Å². The minimum absolute atomic E-state index is 0.0417. The summed E-state index contributed by atoms with van der Waals surface area (Å²) in [5.41, 5.74) is 5.05. The van der Waals surface area contributed by atoms with Gasteiger partial charge in [-0.3, -0.25) is 4.79 Å². The molecular weight excluding hydrogens is 534 g/mol. The van der Waals surface area contributed by atoms with E-state index in [1.165, 1.54) is 45.4 Å². The molecular formula is C37H69N3O3. The van der Waals surface area contributed by atoms with Crippen LogP contribution in [0.4, 0.5) is 0 Å². The normalized spacial score (nSPS) is 40.4. The number of rotatable bonds is 15. The molecule has 0 bridgehead atoms. The lowest BCUT2D eigenvalue weighted by molar-refractivity contribution is -0.237. The first kappa shape index (κ1) is 35.2. The van der Waals surface area contributed by atoms with Crippen LogP contribution in [0.3, 0.4) is 0 Å². The van der Waals surface area contributed by atoms with Gasteiger partial charge in [-0.2, -0.15) is 0 Å². The summed E-state index contributed by atoms with van der Waals surface area (Å²) in [6.07, 6.45) is 14.5. The van der Waals surface area contributed by atoms with Crippen LogP contribution in [0.1, 0.15) is 132 Å². The Morgan fingerprint density at radius 1 is 0.953 bits per heavy atom. The van der Waals surface area contributed by atoms with E-state index in [9.17, 15) is 9.90 Å². The van der Waals surface area contributed by atoms with E-state index in [-0.39, 0.29) is 23.5 Å². The molecule has 4 aliphatic carbocycles. The van der Waals surface area contributed by atoms with E-state index >= 15 is 0 Å². The maximum Gasteiger partial charge on any atom is 0.302 e. The number of fused-ring (bicyclic) bond motifs is 5. The molecule has 4 fully saturated rings. The van der Waals surface area contributed by atoms with Gasteiger partial charge in [0.1, 0.15) is 6.10 Å². The summed E-state index contributed by atoms with van der Waals surface area (Å²) in [5, 5.41) is 20.2. The molecule has 0 spiro atoms. The average Bonchev–Trinajstić information content (AvgIpc) is 3.31. The molecule has 0 heterocycles. The third-order valence-corrected chi connectivity index (χ3v) is 13.9. The van der Waals surface area contributed by atoms with Crippen LogP contribution in [0.2, 0.25) is 0 Å². The minimum Gasteiger partial charge on any atom is -0.462 e. The Bertz CT molecular complexity index is 898. The van der Waals surface area contributed by atoms with Crippen LogP contribution >= 0.6 is 0 Å². The predicted octanol–water partition coefficient (Wildman–Crippen LogP) is 6.69. The fourth-order valence-electron chi connectivity index (χ4n) is 10.9. The van der Waals surface area contributed by atoms with Crippen LogP contribution in [0.5, 0.6) is 0 Å². The zero-order chi connectivity index (χ0) is 31.4. The van der Waals surface area contributed by atoms with Gasteiger partial charge in [-0.25, -0.2) is 0 Å². The fourth-order valence-corrected chi connectivity index (χ4v) is 10.9. The topological polar surface area (TPSA) is 96.6 Å². The molecule has 0 aliphatic heterocycles. The molecule has 0 aromatic rings. The lowest BCUT2D eigenvalue weighted by Crippen LogP contribution is -2.71. The second-order valence-electron chi connectivity index (χ2n) is 16.5. The number of carbonyl (C=O) groups excluding carboxylic acids is 1. The van der Waals surface area contributed by atoms with Gasteiger partial charge in [-0.05, 0) is 137 Å². The second kappa shape index (κ2) is 14.8. The Labute approximate surface area is 264 Å². The van der Waals surface area contributed by atoms with Crippen molar-refractivity contribution in [3.63, 3.8) is 0 Å². The molecule has 0 amide bonds. The van der Waals surface area contributed by atoms with Crippen LogP contribution in [0, 0.1) is 52.3 Å². The summed E-state index contributed by atoms with van der Waals surface area (Å²) in [5.74, 6) is 4.91. The number of esters is 1. The van der Waals surface area contributed by atoms with Gasteiger partial charge < -0.3 is 26.2 Å². The highest BCUT2D eigenvalue weighted by Crippen LogP contribution is 2.69. The zero-order valence-electron chi connectivity index (χ0n) is 29.1. The summed E-state index contributed by atoms with van der Waals surface area (Å²) in [7, 11) is 0. The van der Waals surface area contributed by atoms with Gasteiger partial charge in [-0.1, -0.05) is 54.4 Å². The van der Waals surface area contributed by atoms with Gasteiger partial charge in [0.25, 0.3) is 0 Å². The Kier molecular flexibility index (Phi) is 12.1. The molecule has 5 N–H and O–H groups in total. The van der Waals surface area contributed by atoms with Crippen LogP contribution in [-0.4, -0.2) is 55.0 Å². The molecule has 43 heavy (non-hydrogen) atoms. The number of unbranched alkanes of at least 4 members (excludes halogenated alkanes) is 1. The first-order chi connectivity index (χ1) is 20.4. The quantitative estimate of drug-likeness (QED) is 0.123. The molecule has 0 aromatic carbocycles. The van der Waals surface area contributed by atoms with Gasteiger partial charge in [0.05, 0.1) is 5.60 Å². The number of hydrogen-bond donors (Lipinski definition) is 4. The first-order valence-corrected chi connectivity index (χ1v) is 18.4. The zero-order valence-corrected chi connectivity index (χ0v) is 29.1. The first-order valence-electron chi connectivity index (χ1n) is 18.4. The van der Waals surface area contributed by atoms with Crippen molar-refractivity contribution in [1.82, 2.24) is 10.6 Å². The Morgan fingerprint density at radius 2 is 1.70 bits per heavy atom. The van der Waals surface area contributed by atoms with Crippen molar-refractivity contribution in [2.75, 3.05) is 26.2 Å². The maximum absolute atomic E-state index is 12.8. The van der Waals surface area contributed by atoms with Crippen LogP contribution in [0.25, 0.3) is 0 Å². The third kappa shape index (κ3) is 7.33. The molecule has 0 radical (unpaired) electrons. The molecule has 0 saturated heterocycles. The van der Waals surface area contributed by atoms with Crippen molar-refractivity contribution in [2.24, 2.45) is 58.0 Å². The van der Waals surface area contributed by atoms with Crippen LogP contribution in [-0.2, 0) is 9.53 Å². The molecule has 0 unspecified atom stereocenters. The van der Waals surface area contributed by atoms with Crippen LogP contribution in [0.15, 0.2) is 0 Å². The molecule has 0 aromatic heterocycles. The van der Waals surface area contributed by atoms with E-state index in [1.807, 2.05) is 0 Å². The summed E-state index contributed by atoms with van der Waals surface area (Å²) < 4.78 is 5.76. The van der Waals surface area contributed by atoms with E-state index in [0.29, 0.717) is 23.7 Å². The summed E-state index contributed by atoms with van der Waals surface area (Å²) in [6, 6.07) is 0.0417.